The molecular formula is C58H101N2O48P. The van der Waals surface area contributed by atoms with Gasteiger partial charge in [0.25, 0.3) is 0 Å². The molecule has 8 heterocycles. The second-order valence-corrected chi connectivity index (χ2v) is 28.4. The SMILES string of the molecule is CC(=O)N[C@H]1[C@H](O[C@@H]([C@H](O)[C@H](CO)NC(C)=O)[C@H](O)CO[C@@H]2O[C@@H](C)[C@@H](O)[C@@H](O)[C@@H]2O)O[C@H](CO)[C@@H](O[C@@H]2O[C@H](CO[C@H]3O[C@H](CO[C@H]4O[C@H](COP(=O)(O)O)[C@@H](O)[C@H](O)[C@@H]4O)[C@@H](O)[C@H](O[C@H]4O[C@H](CO)[C@@H](O)[C@H](O)[C@@H]4O)[C@@H]3O)[C@@H](O)[C@H](O[C@H]3O[C@H](CO)[C@@H](O)[C@H](O)[C@@H]3O[C@H]3O[C@H](CO)[C@@H](O)[C@H](O)[C@@H]3O)[C@@H]2O)[C@@H]1O. The first-order chi connectivity index (χ1) is 51.2. The zero-order chi connectivity index (χ0) is 80.9. The Labute approximate surface area is 616 Å². The van der Waals surface area contributed by atoms with Crippen LogP contribution in [0.25, 0.3) is 0 Å². The fraction of sp³-hybridized carbons (Fsp3) is 0.966. The second kappa shape index (κ2) is 40.0. The van der Waals surface area contributed by atoms with Crippen molar-refractivity contribution in [1.29, 1.82) is 0 Å². The molecule has 44 atom stereocenters. The van der Waals surface area contributed by atoms with Crippen LogP contribution in [0.15, 0.2) is 0 Å². The Morgan fingerprint density at radius 2 is 0.761 bits per heavy atom. The molecule has 0 radical (unpaired) electrons. The van der Waals surface area contributed by atoms with Gasteiger partial charge in [0, 0.05) is 13.8 Å². The van der Waals surface area contributed by atoms with Crippen LogP contribution in [-0.4, -0.2) is 484 Å². The van der Waals surface area contributed by atoms with Gasteiger partial charge >= 0.3 is 7.82 Å². The number of hydrogen-bond donors (Lipinski definition) is 30. The molecule has 8 saturated heterocycles. The monoisotopic (exact) mass is 1620 g/mol. The highest BCUT2D eigenvalue weighted by Gasteiger charge is 2.59. The summed E-state index contributed by atoms with van der Waals surface area (Å²) in [5.74, 6) is -1.89. The molecule has 8 aliphatic heterocycles. The number of nitrogens with one attached hydrogen (secondary N) is 2. The fourth-order valence-electron chi connectivity index (χ4n) is 13.1. The predicted molar refractivity (Wildman–Crippen MR) is 332 cm³/mol. The maximum Gasteiger partial charge on any atom is 0.469 e. The van der Waals surface area contributed by atoms with Gasteiger partial charge in [0.15, 0.2) is 50.3 Å². The first-order valence-electron chi connectivity index (χ1n) is 34.2. The summed E-state index contributed by atoms with van der Waals surface area (Å²) in [5, 5.41) is 291. The van der Waals surface area contributed by atoms with E-state index in [4.69, 9.17) is 75.8 Å². The lowest BCUT2D eigenvalue weighted by Crippen LogP contribution is -2.69. The minimum atomic E-state index is -5.28. The van der Waals surface area contributed by atoms with E-state index in [0.717, 1.165) is 13.8 Å². The summed E-state index contributed by atoms with van der Waals surface area (Å²) in [5.41, 5.74) is 0. The summed E-state index contributed by atoms with van der Waals surface area (Å²) >= 11 is 0. The summed E-state index contributed by atoms with van der Waals surface area (Å²) in [6.45, 7) is -7.04. The summed E-state index contributed by atoms with van der Waals surface area (Å²) < 4.78 is 108. The van der Waals surface area contributed by atoms with E-state index in [1.54, 1.807) is 0 Å². The number of aliphatic hydroxyl groups excluding tert-OH is 26. The van der Waals surface area contributed by atoms with E-state index in [0.29, 0.717) is 0 Å². The van der Waals surface area contributed by atoms with Crippen molar-refractivity contribution in [1.82, 2.24) is 10.6 Å². The van der Waals surface area contributed by atoms with Gasteiger partial charge in [-0.25, -0.2) is 4.57 Å². The number of carbonyl (C=O) groups excluding carboxylic acids is 2. The van der Waals surface area contributed by atoms with Gasteiger partial charge in [0.2, 0.25) is 11.8 Å². The Balaban J connectivity index is 1.13. The number of phosphoric ester groups is 1. The Bertz CT molecular complexity index is 2840. The molecule has 0 aromatic heterocycles. The van der Waals surface area contributed by atoms with Gasteiger partial charge in [0.1, 0.15) is 207 Å². The van der Waals surface area contributed by atoms with Crippen LogP contribution in [0.1, 0.15) is 20.8 Å². The summed E-state index contributed by atoms with van der Waals surface area (Å²) in [4.78, 5) is 44.0. The van der Waals surface area contributed by atoms with E-state index < -0.39 is 349 Å². The van der Waals surface area contributed by atoms with Crippen molar-refractivity contribution in [2.45, 2.75) is 291 Å². The fourth-order valence-corrected chi connectivity index (χ4v) is 13.5. The average Bonchev–Trinajstić information content (AvgIpc) is 0.772. The van der Waals surface area contributed by atoms with Gasteiger partial charge in [-0.05, 0) is 6.92 Å². The molecule has 0 aromatic rings. The maximum atomic E-state index is 13.1. The minimum absolute atomic E-state index is 0.862. The highest BCUT2D eigenvalue weighted by Crippen LogP contribution is 2.40. The lowest BCUT2D eigenvalue weighted by molar-refractivity contribution is -0.398. The van der Waals surface area contributed by atoms with Gasteiger partial charge in [0.05, 0.1) is 71.6 Å². The van der Waals surface area contributed by atoms with E-state index in [9.17, 15) is 157 Å². The quantitative estimate of drug-likeness (QED) is 0.0278. The van der Waals surface area contributed by atoms with E-state index in [1.807, 2.05) is 0 Å². The highest BCUT2D eigenvalue weighted by molar-refractivity contribution is 7.46. The zero-order valence-corrected chi connectivity index (χ0v) is 58.8. The molecule has 0 spiro atoms. The normalized spacial score (nSPS) is 47.2. The largest absolute Gasteiger partial charge is 0.469 e. The lowest BCUT2D eigenvalue weighted by Gasteiger charge is -2.50. The van der Waals surface area contributed by atoms with E-state index in [1.165, 1.54) is 6.92 Å². The van der Waals surface area contributed by atoms with Crippen molar-refractivity contribution in [2.75, 3.05) is 59.5 Å². The molecule has 0 bridgehead atoms. The molecule has 8 aliphatic rings. The molecule has 2 amide bonds. The molecule has 8 fully saturated rings. The summed E-state index contributed by atoms with van der Waals surface area (Å²) in [6, 6.07) is -3.80. The van der Waals surface area contributed by atoms with Crippen LogP contribution in [0.3, 0.4) is 0 Å². The van der Waals surface area contributed by atoms with Crippen LogP contribution in [0.4, 0.5) is 0 Å². The standard InChI is InChI=1S/C58H101N2O48P/c1-13-26(69)35(78)40(83)52(96-13)92-9-17(68)46(27(70)16(4-61)59-14(2)66)104-51-25(60-15(3)67)34(77)47(21(8-65)100-51)105-57-45(88)49(107-58-50(39(82)30(73)20(7-64)99-58)108-56-43(86)37(80)29(72)19(6-63)98-56)33(76)23(103-57)11-94-54-44(87)48(106-55-42(85)36(79)28(71)18(5-62)97-55)32(75)22(101-54)10-93-53-41(84)38(81)31(74)24(102-53)12-95-109(89,90)91/h13,16-58,61-65,68-88H,4-12H2,1-3H3,(H,59,66)(H,60,67)(H2,89,90,91)/t13-,16-,17+,18+,19+,20+,21+,22+,23+,24+,25+,26+,27+,28+,29+,30+,31+,32+,33+,34+,35+,36-,37-,38-,39-,40-,41-,42-,43-,44-,45-,46+,47+,48-,49-,50-,51-,52+,53-,54-,55+,56+,57-,58+/m0/s1. The predicted octanol–water partition coefficient (Wildman–Crippen LogP) is -19.6. The average molecular weight is 1630 g/mol. The topological polar surface area (TPSA) is 799 Å². The summed E-state index contributed by atoms with van der Waals surface area (Å²) in [6.07, 6.45) is -89.8. The van der Waals surface area contributed by atoms with Gasteiger partial charge < -0.3 is 229 Å². The molecule has 30 N–H and O–H groups in total. The minimum Gasteiger partial charge on any atom is -0.394 e. The molecule has 0 unspecified atom stereocenters. The Hall–Kier alpha value is -2.63. The molecule has 109 heavy (non-hydrogen) atoms. The third-order valence-corrected chi connectivity index (χ3v) is 19.8. The third kappa shape index (κ3) is 21.6. The molecule has 50 nitrogen and oxygen atoms in total. The van der Waals surface area contributed by atoms with Gasteiger partial charge in [-0.3, -0.25) is 14.1 Å². The van der Waals surface area contributed by atoms with Crippen molar-refractivity contribution in [3.63, 3.8) is 0 Å². The molecule has 0 aliphatic carbocycles. The van der Waals surface area contributed by atoms with Gasteiger partial charge in [-0.15, -0.1) is 0 Å². The second-order valence-electron chi connectivity index (χ2n) is 27.1. The first kappa shape index (κ1) is 91.9. The van der Waals surface area contributed by atoms with Crippen LogP contribution in [0, 0.1) is 0 Å². The van der Waals surface area contributed by atoms with Crippen molar-refractivity contribution >= 4 is 19.6 Å². The molecule has 8 rings (SSSR count). The number of amides is 2. The van der Waals surface area contributed by atoms with Gasteiger partial charge in [-0.2, -0.15) is 0 Å². The number of carbonyl (C=O) groups is 2. The number of phosphoric acid groups is 1. The van der Waals surface area contributed by atoms with Crippen LogP contribution < -0.4 is 10.6 Å². The van der Waals surface area contributed by atoms with Crippen LogP contribution in [0.5, 0.6) is 0 Å². The number of ether oxygens (including phenoxy) is 16. The Morgan fingerprint density at radius 3 is 1.24 bits per heavy atom. The summed E-state index contributed by atoms with van der Waals surface area (Å²) in [7, 11) is -5.28. The molecular weight excluding hydrogens is 1520 g/mol. The van der Waals surface area contributed by atoms with Crippen LogP contribution >= 0.6 is 7.82 Å². The maximum absolute atomic E-state index is 13.1. The van der Waals surface area contributed by atoms with Crippen molar-refractivity contribution in [3.05, 3.63) is 0 Å². The van der Waals surface area contributed by atoms with Crippen molar-refractivity contribution in [2.24, 2.45) is 0 Å². The lowest BCUT2D eigenvalue weighted by atomic mass is 9.94. The molecule has 0 aromatic carbocycles. The molecule has 51 heteroatoms. The Kier molecular flexibility index (Phi) is 33.7. The van der Waals surface area contributed by atoms with Gasteiger partial charge in [-0.1, -0.05) is 0 Å². The van der Waals surface area contributed by atoms with E-state index in [2.05, 4.69) is 15.2 Å². The Morgan fingerprint density at radius 1 is 0.385 bits per heavy atom. The number of aliphatic hydroxyl groups is 26. The zero-order valence-electron chi connectivity index (χ0n) is 57.9. The van der Waals surface area contributed by atoms with E-state index >= 15 is 0 Å². The number of rotatable bonds is 32. The first-order valence-corrected chi connectivity index (χ1v) is 35.7. The van der Waals surface area contributed by atoms with Crippen LogP contribution in [0.2, 0.25) is 0 Å². The highest BCUT2D eigenvalue weighted by atomic mass is 31.2. The molecule has 636 valence electrons. The van der Waals surface area contributed by atoms with Crippen molar-refractivity contribution < 1.29 is 237 Å². The van der Waals surface area contributed by atoms with Crippen molar-refractivity contribution in [3.8, 4) is 0 Å². The molecule has 0 saturated carbocycles. The van der Waals surface area contributed by atoms with Crippen LogP contribution in [-0.2, 0) is 94.5 Å². The number of hydrogen-bond acceptors (Lipinski definition) is 46. The third-order valence-electron chi connectivity index (χ3n) is 19.4. The smallest absolute Gasteiger partial charge is 0.394 e. The van der Waals surface area contributed by atoms with E-state index in [-0.39, 0.29) is 0 Å².